The molecule has 2 fully saturated rings. The number of benzene rings is 1. The third-order valence-corrected chi connectivity index (χ3v) is 3.48. The van der Waals surface area contributed by atoms with Crippen LogP contribution in [0, 0.1) is 0 Å². The number of anilines is 1. The predicted molar refractivity (Wildman–Crippen MR) is 67.8 cm³/mol. The van der Waals surface area contributed by atoms with Crippen LogP contribution in [-0.4, -0.2) is 36.1 Å². The van der Waals surface area contributed by atoms with Gasteiger partial charge in [-0.1, -0.05) is 23.2 Å². The maximum atomic E-state index is 12.2. The molecule has 94 valence electrons. The van der Waals surface area contributed by atoms with Crippen molar-refractivity contribution in [1.82, 2.24) is 10.2 Å². The van der Waals surface area contributed by atoms with Gasteiger partial charge in [-0.15, -0.1) is 0 Å². The van der Waals surface area contributed by atoms with Crippen molar-refractivity contribution in [3.05, 3.63) is 28.2 Å². The molecule has 5 nitrogen and oxygen atoms in total. The first-order valence-corrected chi connectivity index (χ1v) is 6.15. The molecule has 0 bridgehead atoms. The highest BCUT2D eigenvalue weighted by Gasteiger charge is 2.48. The third kappa shape index (κ3) is 1.67. The first-order chi connectivity index (χ1) is 8.58. The van der Waals surface area contributed by atoms with E-state index in [0.717, 1.165) is 4.90 Å². The van der Waals surface area contributed by atoms with E-state index in [2.05, 4.69) is 5.32 Å². The highest BCUT2D eigenvalue weighted by atomic mass is 35.5. The van der Waals surface area contributed by atoms with Gasteiger partial charge in [-0.25, -0.2) is 9.69 Å². The van der Waals surface area contributed by atoms with E-state index in [1.807, 2.05) is 0 Å². The molecule has 3 amide bonds. The Hall–Kier alpha value is -1.30. The van der Waals surface area contributed by atoms with Gasteiger partial charge in [-0.2, -0.15) is 0 Å². The number of carbonyl (C=O) groups is 2. The number of nitrogens with one attached hydrogen (secondary N) is 1. The number of nitrogens with zero attached hydrogens (tertiary/aromatic N) is 2. The summed E-state index contributed by atoms with van der Waals surface area (Å²) < 4.78 is 0. The normalized spacial score (nSPS) is 22.9. The van der Waals surface area contributed by atoms with Gasteiger partial charge >= 0.3 is 6.03 Å². The number of imide groups is 1. The van der Waals surface area contributed by atoms with E-state index in [4.69, 9.17) is 23.2 Å². The number of hydrogen-bond donors (Lipinski definition) is 1. The fourth-order valence-corrected chi connectivity index (χ4v) is 2.76. The van der Waals surface area contributed by atoms with Gasteiger partial charge in [-0.3, -0.25) is 15.0 Å². The topological polar surface area (TPSA) is 52.7 Å². The van der Waals surface area contributed by atoms with E-state index in [9.17, 15) is 9.59 Å². The van der Waals surface area contributed by atoms with Crippen LogP contribution >= 0.6 is 23.2 Å². The second-order valence-corrected chi connectivity index (χ2v) is 5.05. The average Bonchev–Trinajstić information content (AvgIpc) is 2.83. The van der Waals surface area contributed by atoms with Crippen LogP contribution in [0.4, 0.5) is 10.5 Å². The zero-order chi connectivity index (χ0) is 12.9. The summed E-state index contributed by atoms with van der Waals surface area (Å²) in [5.41, 5.74) is 0.414. The van der Waals surface area contributed by atoms with Crippen LogP contribution in [-0.2, 0) is 4.79 Å². The lowest BCUT2D eigenvalue weighted by Crippen LogP contribution is -2.35. The number of carbonyl (C=O) groups excluding carboxylic acids is 2. The van der Waals surface area contributed by atoms with Crippen LogP contribution in [0.3, 0.4) is 0 Å². The summed E-state index contributed by atoms with van der Waals surface area (Å²) in [4.78, 5) is 26.9. The summed E-state index contributed by atoms with van der Waals surface area (Å²) in [6.45, 7) is 0.870. The molecule has 1 unspecified atom stereocenters. The zero-order valence-electron chi connectivity index (χ0n) is 9.19. The van der Waals surface area contributed by atoms with Crippen molar-refractivity contribution in [2.24, 2.45) is 0 Å². The molecule has 2 saturated heterocycles. The van der Waals surface area contributed by atoms with Gasteiger partial charge in [0, 0.05) is 16.6 Å². The molecule has 2 heterocycles. The molecule has 0 spiro atoms. The summed E-state index contributed by atoms with van der Waals surface area (Å²) >= 11 is 11.8. The Labute approximate surface area is 113 Å². The maximum absolute atomic E-state index is 12.2. The summed E-state index contributed by atoms with van der Waals surface area (Å²) in [5.74, 6) is -0.247. The Morgan fingerprint density at radius 3 is 2.44 bits per heavy atom. The third-order valence-electron chi connectivity index (χ3n) is 3.04. The van der Waals surface area contributed by atoms with Gasteiger partial charge in [0.1, 0.15) is 6.04 Å². The lowest BCUT2D eigenvalue weighted by atomic mass is 10.2. The number of rotatable bonds is 1. The minimum absolute atomic E-state index is 0.247. The molecule has 0 radical (unpaired) electrons. The molecule has 1 aromatic rings. The van der Waals surface area contributed by atoms with Crippen molar-refractivity contribution >= 4 is 40.8 Å². The molecule has 18 heavy (non-hydrogen) atoms. The summed E-state index contributed by atoms with van der Waals surface area (Å²) in [7, 11) is 0. The van der Waals surface area contributed by atoms with Crippen molar-refractivity contribution < 1.29 is 9.59 Å². The van der Waals surface area contributed by atoms with Crippen molar-refractivity contribution in [3.63, 3.8) is 0 Å². The van der Waals surface area contributed by atoms with Crippen LogP contribution in [0.25, 0.3) is 0 Å². The minimum Gasteiger partial charge on any atom is -0.298 e. The van der Waals surface area contributed by atoms with Crippen LogP contribution in [0.1, 0.15) is 0 Å². The largest absolute Gasteiger partial charge is 0.333 e. The van der Waals surface area contributed by atoms with Gasteiger partial charge in [0.25, 0.3) is 5.91 Å². The lowest BCUT2D eigenvalue weighted by Gasteiger charge is -2.16. The quantitative estimate of drug-likeness (QED) is 0.799. The number of fused-ring (bicyclic) bond motifs is 1. The lowest BCUT2D eigenvalue weighted by molar-refractivity contribution is -0.118. The van der Waals surface area contributed by atoms with Gasteiger partial charge in [0.15, 0.2) is 0 Å². The first-order valence-electron chi connectivity index (χ1n) is 5.39. The number of halogens is 2. The molecule has 3 rings (SSSR count). The monoisotopic (exact) mass is 285 g/mol. The Balaban J connectivity index is 2.02. The molecule has 2 aliphatic rings. The van der Waals surface area contributed by atoms with Crippen molar-refractivity contribution in [2.45, 2.75) is 6.04 Å². The molecule has 2 aliphatic heterocycles. The predicted octanol–water partition coefficient (Wildman–Crippen LogP) is 1.69. The van der Waals surface area contributed by atoms with Crippen LogP contribution < -0.4 is 10.2 Å². The van der Waals surface area contributed by atoms with Crippen molar-refractivity contribution in [2.75, 3.05) is 18.1 Å². The zero-order valence-corrected chi connectivity index (χ0v) is 10.7. The molecule has 1 atom stereocenters. The Morgan fingerprint density at radius 2 is 1.83 bits per heavy atom. The van der Waals surface area contributed by atoms with Crippen molar-refractivity contribution in [3.8, 4) is 0 Å². The van der Waals surface area contributed by atoms with Crippen LogP contribution in [0.5, 0.6) is 0 Å². The number of amides is 3. The smallest absolute Gasteiger partial charge is 0.298 e. The Kier molecular flexibility index (Phi) is 2.69. The molecular formula is C11H9Cl2N3O2. The summed E-state index contributed by atoms with van der Waals surface area (Å²) in [5, 5.41) is 3.77. The van der Waals surface area contributed by atoms with Gasteiger partial charge in [0.05, 0.1) is 12.4 Å². The maximum Gasteiger partial charge on any atom is 0.333 e. The Bertz CT molecular complexity index is 507. The van der Waals surface area contributed by atoms with E-state index in [0.29, 0.717) is 28.9 Å². The standard InChI is InChI=1S/C11H9Cl2N3O2/c12-6-1-7(13)3-8(2-6)16-10(17)9-4-14-5-15(9)11(16)18/h1-3,9,14H,4-5H2. The molecule has 7 heteroatoms. The average molecular weight is 286 g/mol. The van der Waals surface area contributed by atoms with E-state index in [1.165, 1.54) is 4.90 Å². The van der Waals surface area contributed by atoms with Gasteiger partial charge in [0.2, 0.25) is 0 Å². The molecule has 0 aliphatic carbocycles. The molecule has 1 N–H and O–H groups in total. The van der Waals surface area contributed by atoms with Crippen LogP contribution in [0.2, 0.25) is 10.0 Å². The molecule has 1 aromatic carbocycles. The van der Waals surface area contributed by atoms with E-state index in [1.54, 1.807) is 18.2 Å². The number of hydrogen-bond acceptors (Lipinski definition) is 3. The second kappa shape index (κ2) is 4.12. The van der Waals surface area contributed by atoms with Crippen molar-refractivity contribution in [1.29, 1.82) is 0 Å². The fourth-order valence-electron chi connectivity index (χ4n) is 2.24. The van der Waals surface area contributed by atoms with E-state index in [-0.39, 0.29) is 11.9 Å². The van der Waals surface area contributed by atoms with E-state index >= 15 is 0 Å². The first kappa shape index (κ1) is 11.8. The molecule has 0 aromatic heterocycles. The van der Waals surface area contributed by atoms with Crippen LogP contribution in [0.15, 0.2) is 18.2 Å². The molecule has 0 saturated carbocycles. The van der Waals surface area contributed by atoms with Gasteiger partial charge < -0.3 is 0 Å². The highest BCUT2D eigenvalue weighted by molar-refractivity contribution is 6.35. The number of urea groups is 1. The Morgan fingerprint density at radius 1 is 1.17 bits per heavy atom. The fraction of sp³-hybridized carbons (Fsp3) is 0.273. The summed E-state index contributed by atoms with van der Waals surface area (Å²) in [6, 6.07) is 3.90. The van der Waals surface area contributed by atoms with E-state index < -0.39 is 6.04 Å². The molecular weight excluding hydrogens is 277 g/mol. The van der Waals surface area contributed by atoms with Gasteiger partial charge in [-0.05, 0) is 18.2 Å². The second-order valence-electron chi connectivity index (χ2n) is 4.18. The SMILES string of the molecule is O=C1C2CNCN2C(=O)N1c1cc(Cl)cc(Cl)c1. The minimum atomic E-state index is -0.421. The summed E-state index contributed by atoms with van der Waals surface area (Å²) in [6.07, 6.45) is 0. The highest BCUT2D eigenvalue weighted by Crippen LogP contribution is 2.30.